The first kappa shape index (κ1) is 27.9. The van der Waals surface area contributed by atoms with Gasteiger partial charge in [-0.2, -0.15) is 0 Å². The summed E-state index contributed by atoms with van der Waals surface area (Å²) in [6.45, 7) is 10.0. The smallest absolute Gasteiger partial charge is 0.217 e. The van der Waals surface area contributed by atoms with Crippen LogP contribution in [0, 0.1) is 0 Å². The van der Waals surface area contributed by atoms with Crippen LogP contribution >= 0.6 is 0 Å². The molecule has 0 radical (unpaired) electrons. The molecule has 1 amide bonds. The number of rotatable bonds is 20. The van der Waals surface area contributed by atoms with Gasteiger partial charge >= 0.3 is 0 Å². The Labute approximate surface area is 193 Å². The summed E-state index contributed by atoms with van der Waals surface area (Å²) < 4.78 is 1.02. The van der Waals surface area contributed by atoms with Gasteiger partial charge in [0.2, 0.25) is 5.91 Å². The first-order valence-electron chi connectivity index (χ1n) is 13.4. The number of amides is 1. The molecule has 31 heavy (non-hydrogen) atoms. The van der Waals surface area contributed by atoms with Gasteiger partial charge in [-0.1, -0.05) is 76.9 Å². The molecule has 1 rings (SSSR count). The Morgan fingerprint density at radius 3 is 2.10 bits per heavy atom. The molecule has 4 heteroatoms. The van der Waals surface area contributed by atoms with Crippen molar-refractivity contribution in [3.63, 3.8) is 0 Å². The monoisotopic (exact) mass is 434 g/mol. The Morgan fingerprint density at radius 2 is 1.52 bits per heavy atom. The molecule has 0 aromatic carbocycles. The second-order valence-electron chi connectivity index (χ2n) is 9.46. The number of hydrogen-bond acceptors (Lipinski definition) is 2. The van der Waals surface area contributed by atoms with Crippen molar-refractivity contribution in [3.05, 3.63) is 12.2 Å². The standard InChI is InChI=1S/C27H51N3O/c1-4-6-7-8-9-10-11-12-13-14-15-16-17-18-19-20-21-27-29-23-25-30(27,5-2)24-22-28-26(3)31/h10-11,23,27H,4-9,12-22,24-25H2,1-3H3/p+1/b11-10+. The van der Waals surface area contributed by atoms with Crippen LogP contribution in [-0.4, -0.2) is 48.9 Å². The maximum absolute atomic E-state index is 11.2. The number of aliphatic imine (C=N–C) groups is 1. The van der Waals surface area contributed by atoms with E-state index in [1.807, 2.05) is 0 Å². The lowest BCUT2D eigenvalue weighted by Crippen LogP contribution is -2.55. The van der Waals surface area contributed by atoms with Crippen molar-refractivity contribution in [3.8, 4) is 0 Å². The van der Waals surface area contributed by atoms with E-state index >= 15 is 0 Å². The van der Waals surface area contributed by atoms with E-state index in [9.17, 15) is 4.79 Å². The molecule has 0 aromatic rings. The fourth-order valence-corrected chi connectivity index (χ4v) is 4.71. The molecule has 1 heterocycles. The van der Waals surface area contributed by atoms with Crippen LogP contribution in [0.5, 0.6) is 0 Å². The number of hydrogen-bond donors (Lipinski definition) is 1. The first-order valence-corrected chi connectivity index (χ1v) is 13.4. The lowest BCUT2D eigenvalue weighted by atomic mass is 10.0. The Balaban J connectivity index is 1.98. The van der Waals surface area contributed by atoms with Crippen LogP contribution in [0.4, 0.5) is 0 Å². The number of unbranched alkanes of at least 4 members (excludes halogenated alkanes) is 12. The first-order chi connectivity index (χ1) is 15.1. The van der Waals surface area contributed by atoms with E-state index in [0.717, 1.165) is 30.7 Å². The van der Waals surface area contributed by atoms with Crippen LogP contribution in [0.2, 0.25) is 0 Å². The van der Waals surface area contributed by atoms with E-state index in [-0.39, 0.29) is 5.91 Å². The second-order valence-corrected chi connectivity index (χ2v) is 9.46. The lowest BCUT2D eigenvalue weighted by Gasteiger charge is -2.38. The number of allylic oxidation sites excluding steroid dienone is 2. The Bertz CT molecular complexity index is 503. The maximum atomic E-state index is 11.2. The Morgan fingerprint density at radius 1 is 0.935 bits per heavy atom. The Hall–Kier alpha value is -1.16. The molecule has 4 nitrogen and oxygen atoms in total. The maximum Gasteiger partial charge on any atom is 0.217 e. The van der Waals surface area contributed by atoms with Crippen LogP contribution in [0.3, 0.4) is 0 Å². The van der Waals surface area contributed by atoms with Crippen LogP contribution in [0.15, 0.2) is 17.1 Å². The summed E-state index contributed by atoms with van der Waals surface area (Å²) in [5.41, 5.74) is 0. The van der Waals surface area contributed by atoms with E-state index in [1.165, 1.54) is 96.3 Å². The van der Waals surface area contributed by atoms with Crippen molar-refractivity contribution >= 4 is 12.1 Å². The predicted octanol–water partition coefficient (Wildman–Crippen LogP) is 6.80. The molecule has 2 atom stereocenters. The number of nitrogens with zero attached hydrogens (tertiary/aromatic N) is 2. The minimum Gasteiger partial charge on any atom is -0.351 e. The van der Waals surface area contributed by atoms with Crippen LogP contribution in [-0.2, 0) is 4.79 Å². The number of quaternary nitrogens is 1. The molecule has 0 saturated heterocycles. The summed E-state index contributed by atoms with van der Waals surface area (Å²) in [6, 6.07) is 0. The van der Waals surface area contributed by atoms with E-state index in [2.05, 4.69) is 37.5 Å². The highest BCUT2D eigenvalue weighted by molar-refractivity contribution is 5.72. The van der Waals surface area contributed by atoms with Crippen LogP contribution < -0.4 is 5.32 Å². The van der Waals surface area contributed by atoms with E-state index in [4.69, 9.17) is 4.99 Å². The normalized spacial score (nSPS) is 20.7. The summed E-state index contributed by atoms with van der Waals surface area (Å²) in [5.74, 6) is 0.0696. The van der Waals surface area contributed by atoms with E-state index < -0.39 is 0 Å². The fourth-order valence-electron chi connectivity index (χ4n) is 4.71. The zero-order chi connectivity index (χ0) is 22.6. The summed E-state index contributed by atoms with van der Waals surface area (Å²) in [5, 5.41) is 2.96. The van der Waals surface area contributed by atoms with Crippen molar-refractivity contribution in [2.75, 3.05) is 26.2 Å². The molecule has 2 unspecified atom stereocenters. The zero-order valence-corrected chi connectivity index (χ0v) is 21.0. The number of carbonyl (C=O) groups is 1. The topological polar surface area (TPSA) is 41.5 Å². The minimum absolute atomic E-state index is 0.0696. The van der Waals surface area contributed by atoms with E-state index in [1.54, 1.807) is 6.92 Å². The number of likely N-dealkylation sites (N-methyl/N-ethyl adjacent to an activating group) is 1. The van der Waals surface area contributed by atoms with Gasteiger partial charge in [-0.05, 0) is 39.0 Å². The molecule has 180 valence electrons. The van der Waals surface area contributed by atoms with Gasteiger partial charge in [0, 0.05) is 13.3 Å². The molecular weight excluding hydrogens is 382 g/mol. The average Bonchev–Trinajstić information content (AvgIpc) is 3.16. The molecule has 0 saturated carbocycles. The number of carbonyl (C=O) groups excluding carboxylic acids is 1. The Kier molecular flexibility index (Phi) is 16.6. The van der Waals surface area contributed by atoms with Gasteiger partial charge in [0.1, 0.15) is 6.54 Å². The third-order valence-corrected chi connectivity index (χ3v) is 6.89. The van der Waals surface area contributed by atoms with Gasteiger partial charge in [0.15, 0.2) is 6.17 Å². The van der Waals surface area contributed by atoms with Gasteiger partial charge in [0.25, 0.3) is 0 Å². The molecule has 1 N–H and O–H groups in total. The van der Waals surface area contributed by atoms with Gasteiger partial charge in [0.05, 0.1) is 25.8 Å². The minimum atomic E-state index is 0.0696. The third kappa shape index (κ3) is 13.1. The van der Waals surface area contributed by atoms with Crippen molar-refractivity contribution < 1.29 is 9.28 Å². The zero-order valence-electron chi connectivity index (χ0n) is 21.0. The van der Waals surface area contributed by atoms with Gasteiger partial charge in [-0.3, -0.25) is 9.28 Å². The quantitative estimate of drug-likeness (QED) is 0.128. The fraction of sp³-hybridized carbons (Fsp3) is 0.852. The van der Waals surface area contributed by atoms with Crippen molar-refractivity contribution in [1.82, 2.24) is 5.32 Å². The molecule has 0 bridgehead atoms. The van der Waals surface area contributed by atoms with Crippen LogP contribution in [0.1, 0.15) is 117 Å². The number of nitrogens with one attached hydrogen (secondary N) is 1. The second kappa shape index (κ2) is 18.4. The summed E-state index contributed by atoms with van der Waals surface area (Å²) in [6.07, 6.45) is 27.5. The third-order valence-electron chi connectivity index (χ3n) is 6.89. The molecule has 1 aliphatic heterocycles. The lowest BCUT2D eigenvalue weighted by molar-refractivity contribution is -0.935. The molecule has 1 aliphatic rings. The predicted molar refractivity (Wildman–Crippen MR) is 136 cm³/mol. The van der Waals surface area contributed by atoms with Crippen molar-refractivity contribution in [2.24, 2.45) is 4.99 Å². The highest BCUT2D eigenvalue weighted by atomic mass is 16.1. The van der Waals surface area contributed by atoms with Gasteiger partial charge < -0.3 is 5.32 Å². The van der Waals surface area contributed by atoms with E-state index in [0.29, 0.717) is 6.17 Å². The van der Waals surface area contributed by atoms with Crippen LogP contribution in [0.25, 0.3) is 0 Å². The molecule has 0 aromatic heterocycles. The highest BCUT2D eigenvalue weighted by Crippen LogP contribution is 2.24. The molecular formula is C27H52N3O+. The molecule has 0 spiro atoms. The molecule has 0 fully saturated rings. The van der Waals surface area contributed by atoms with Gasteiger partial charge in [-0.15, -0.1) is 0 Å². The van der Waals surface area contributed by atoms with Crippen molar-refractivity contribution in [1.29, 1.82) is 0 Å². The highest BCUT2D eigenvalue weighted by Gasteiger charge is 2.37. The summed E-state index contributed by atoms with van der Waals surface area (Å²) in [7, 11) is 0. The summed E-state index contributed by atoms with van der Waals surface area (Å²) >= 11 is 0. The SMILES string of the molecule is CCCCCC/C=C/CCCCCCCCCCC1N=CC[N+]1(CC)CCNC(C)=O. The molecule has 0 aliphatic carbocycles. The average molecular weight is 435 g/mol. The summed E-state index contributed by atoms with van der Waals surface area (Å²) in [4.78, 5) is 16.0. The largest absolute Gasteiger partial charge is 0.351 e. The van der Waals surface area contributed by atoms with Gasteiger partial charge in [-0.25, -0.2) is 4.99 Å². The van der Waals surface area contributed by atoms with Crippen molar-refractivity contribution in [2.45, 2.75) is 123 Å².